The molecule has 0 aliphatic rings. The van der Waals surface area contributed by atoms with Crippen LogP contribution in [-0.2, 0) is 28.6 Å². The maximum atomic E-state index is 12.9. The first kappa shape index (κ1) is 75.2. The van der Waals surface area contributed by atoms with Gasteiger partial charge in [0.05, 0.1) is 0 Å². The Morgan fingerprint density at radius 1 is 0.247 bits per heavy atom. The second kappa shape index (κ2) is 66.7. The van der Waals surface area contributed by atoms with E-state index in [4.69, 9.17) is 14.2 Å². The molecule has 0 aromatic carbocycles. The van der Waals surface area contributed by atoms with Gasteiger partial charge in [0.1, 0.15) is 13.2 Å². The highest BCUT2D eigenvalue weighted by Gasteiger charge is 2.19. The molecule has 0 radical (unpaired) electrons. The fourth-order valence-electron chi connectivity index (χ4n) is 11.0. The van der Waals surface area contributed by atoms with Crippen LogP contribution in [0.1, 0.15) is 406 Å². The molecule has 77 heavy (non-hydrogen) atoms. The Labute approximate surface area is 481 Å². The fraction of sp³-hybridized carbons (Fsp3) is 0.930. The van der Waals surface area contributed by atoms with Crippen LogP contribution in [0.25, 0.3) is 0 Å². The SMILES string of the molecule is CCCCCCCCCC/C=C\CCCCCCCCCCCCCCCCCCCCCCCC(=O)OCC(COC(=O)CCCCCCCCC)OC(=O)CCCCCCCCCCCCCCCCCCCCC. The Hall–Kier alpha value is -1.85. The molecule has 1 unspecified atom stereocenters. The van der Waals surface area contributed by atoms with Crippen molar-refractivity contribution in [3.63, 3.8) is 0 Å². The summed E-state index contributed by atoms with van der Waals surface area (Å²) in [6.07, 6.45) is 80.0. The molecule has 0 aliphatic heterocycles. The van der Waals surface area contributed by atoms with Gasteiger partial charge in [0.15, 0.2) is 6.10 Å². The van der Waals surface area contributed by atoms with Crippen molar-refractivity contribution in [1.82, 2.24) is 0 Å². The highest BCUT2D eigenvalue weighted by molar-refractivity contribution is 5.71. The topological polar surface area (TPSA) is 78.9 Å². The molecule has 0 heterocycles. The van der Waals surface area contributed by atoms with Crippen LogP contribution in [0.2, 0.25) is 0 Å². The summed E-state index contributed by atoms with van der Waals surface area (Å²) in [7, 11) is 0. The standard InChI is InChI=1S/C71H136O6/c1-4-7-10-13-16-18-20-22-24-26-28-29-30-31-32-33-34-35-36-37-38-39-40-41-43-44-46-48-50-52-55-58-61-64-70(73)76-67-68(66-75-69(72)63-60-57-54-15-12-9-6-3)77-71(74)65-62-59-56-53-51-49-47-45-42-27-25-23-21-19-17-14-11-8-5-2/h26,28,68H,4-25,27,29-67H2,1-3H3/b28-26-. The fourth-order valence-corrected chi connectivity index (χ4v) is 11.0. The summed E-state index contributed by atoms with van der Waals surface area (Å²) >= 11 is 0. The van der Waals surface area contributed by atoms with E-state index >= 15 is 0 Å². The first-order valence-electron chi connectivity index (χ1n) is 35.2. The van der Waals surface area contributed by atoms with E-state index in [2.05, 4.69) is 32.9 Å². The largest absolute Gasteiger partial charge is 0.462 e. The Morgan fingerprint density at radius 2 is 0.429 bits per heavy atom. The normalized spacial score (nSPS) is 12.0. The van der Waals surface area contributed by atoms with Gasteiger partial charge >= 0.3 is 17.9 Å². The zero-order chi connectivity index (χ0) is 55.7. The van der Waals surface area contributed by atoms with Gasteiger partial charge in [-0.3, -0.25) is 14.4 Å². The van der Waals surface area contributed by atoms with Crippen molar-refractivity contribution in [2.24, 2.45) is 0 Å². The molecule has 456 valence electrons. The summed E-state index contributed by atoms with van der Waals surface area (Å²) in [5.74, 6) is -0.838. The predicted octanol–water partition coefficient (Wildman–Crippen LogP) is 24.0. The summed E-state index contributed by atoms with van der Waals surface area (Å²) in [5.41, 5.74) is 0. The Kier molecular flexibility index (Phi) is 65.1. The molecule has 0 bridgehead atoms. The van der Waals surface area contributed by atoms with Crippen LogP contribution < -0.4 is 0 Å². The van der Waals surface area contributed by atoms with Gasteiger partial charge in [0.2, 0.25) is 0 Å². The van der Waals surface area contributed by atoms with E-state index in [0.29, 0.717) is 19.3 Å². The number of hydrogen-bond donors (Lipinski definition) is 0. The van der Waals surface area contributed by atoms with Crippen LogP contribution in [0.15, 0.2) is 12.2 Å². The third kappa shape index (κ3) is 64.9. The van der Waals surface area contributed by atoms with Gasteiger partial charge in [-0.1, -0.05) is 354 Å². The minimum Gasteiger partial charge on any atom is -0.462 e. The molecule has 0 aliphatic carbocycles. The predicted molar refractivity (Wildman–Crippen MR) is 335 cm³/mol. The van der Waals surface area contributed by atoms with Crippen molar-refractivity contribution >= 4 is 17.9 Å². The maximum absolute atomic E-state index is 12.9. The number of rotatable bonds is 66. The van der Waals surface area contributed by atoms with E-state index in [1.165, 1.54) is 308 Å². The lowest BCUT2D eigenvalue weighted by molar-refractivity contribution is -0.167. The average Bonchev–Trinajstić information content (AvgIpc) is 3.43. The van der Waals surface area contributed by atoms with E-state index < -0.39 is 6.10 Å². The number of unbranched alkanes of at least 4 members (excludes halogenated alkanes) is 53. The third-order valence-corrected chi connectivity index (χ3v) is 16.3. The minimum atomic E-state index is -0.762. The van der Waals surface area contributed by atoms with Crippen molar-refractivity contribution in [3.05, 3.63) is 12.2 Å². The van der Waals surface area contributed by atoms with Gasteiger partial charge < -0.3 is 14.2 Å². The first-order chi connectivity index (χ1) is 38.0. The van der Waals surface area contributed by atoms with Crippen molar-refractivity contribution in [2.45, 2.75) is 412 Å². The quantitative estimate of drug-likeness (QED) is 0.0261. The lowest BCUT2D eigenvalue weighted by atomic mass is 10.0. The molecule has 6 nitrogen and oxygen atoms in total. The molecule has 0 aromatic rings. The summed E-state index contributed by atoms with van der Waals surface area (Å²) in [4.78, 5) is 38.1. The smallest absolute Gasteiger partial charge is 0.306 e. The van der Waals surface area contributed by atoms with E-state index in [0.717, 1.165) is 57.8 Å². The van der Waals surface area contributed by atoms with Crippen LogP contribution in [-0.4, -0.2) is 37.2 Å². The highest BCUT2D eigenvalue weighted by Crippen LogP contribution is 2.19. The molecule has 0 aromatic heterocycles. The van der Waals surface area contributed by atoms with E-state index in [-0.39, 0.29) is 31.1 Å². The molecule has 0 saturated carbocycles. The molecule has 0 saturated heterocycles. The van der Waals surface area contributed by atoms with E-state index in [1.54, 1.807) is 0 Å². The molecule has 0 rings (SSSR count). The number of hydrogen-bond acceptors (Lipinski definition) is 6. The molecule has 0 N–H and O–H groups in total. The molecule has 0 spiro atoms. The summed E-state index contributed by atoms with van der Waals surface area (Å²) < 4.78 is 16.9. The lowest BCUT2D eigenvalue weighted by Crippen LogP contribution is -2.30. The number of esters is 3. The van der Waals surface area contributed by atoms with Gasteiger partial charge in [-0.15, -0.1) is 0 Å². The number of allylic oxidation sites excluding steroid dienone is 2. The zero-order valence-electron chi connectivity index (χ0n) is 52.5. The molecule has 1 atom stereocenters. The summed E-state index contributed by atoms with van der Waals surface area (Å²) in [6, 6.07) is 0. The Morgan fingerprint density at radius 3 is 0.649 bits per heavy atom. The molecule has 0 amide bonds. The highest BCUT2D eigenvalue weighted by atomic mass is 16.6. The third-order valence-electron chi connectivity index (χ3n) is 16.3. The molecular weight excluding hydrogens is 949 g/mol. The van der Waals surface area contributed by atoms with Gasteiger partial charge in [0.25, 0.3) is 0 Å². The monoisotopic (exact) mass is 1090 g/mol. The van der Waals surface area contributed by atoms with Gasteiger partial charge in [-0.2, -0.15) is 0 Å². The van der Waals surface area contributed by atoms with Crippen molar-refractivity contribution in [3.8, 4) is 0 Å². The van der Waals surface area contributed by atoms with Crippen LogP contribution in [0.5, 0.6) is 0 Å². The second-order valence-corrected chi connectivity index (χ2v) is 24.2. The van der Waals surface area contributed by atoms with Crippen LogP contribution in [0.4, 0.5) is 0 Å². The minimum absolute atomic E-state index is 0.0627. The number of carbonyl (C=O) groups is 3. The lowest BCUT2D eigenvalue weighted by Gasteiger charge is -2.18. The van der Waals surface area contributed by atoms with Gasteiger partial charge in [0, 0.05) is 19.3 Å². The van der Waals surface area contributed by atoms with Crippen LogP contribution >= 0.6 is 0 Å². The number of ether oxygens (including phenoxy) is 3. The maximum Gasteiger partial charge on any atom is 0.306 e. The zero-order valence-corrected chi connectivity index (χ0v) is 52.5. The Balaban J connectivity index is 3.94. The molecule has 6 heteroatoms. The van der Waals surface area contributed by atoms with E-state index in [1.807, 2.05) is 0 Å². The average molecular weight is 1090 g/mol. The van der Waals surface area contributed by atoms with Crippen LogP contribution in [0.3, 0.4) is 0 Å². The number of carbonyl (C=O) groups excluding carboxylic acids is 3. The summed E-state index contributed by atoms with van der Waals surface area (Å²) in [6.45, 7) is 6.68. The van der Waals surface area contributed by atoms with Crippen molar-refractivity contribution in [1.29, 1.82) is 0 Å². The second-order valence-electron chi connectivity index (χ2n) is 24.2. The summed E-state index contributed by atoms with van der Waals surface area (Å²) in [5, 5.41) is 0. The van der Waals surface area contributed by atoms with E-state index in [9.17, 15) is 14.4 Å². The van der Waals surface area contributed by atoms with Crippen molar-refractivity contribution in [2.75, 3.05) is 13.2 Å². The Bertz CT molecular complexity index is 1200. The van der Waals surface area contributed by atoms with Crippen LogP contribution in [0, 0.1) is 0 Å². The van der Waals surface area contributed by atoms with Crippen molar-refractivity contribution < 1.29 is 28.6 Å². The molecule has 0 fully saturated rings. The van der Waals surface area contributed by atoms with Gasteiger partial charge in [-0.25, -0.2) is 0 Å². The first-order valence-corrected chi connectivity index (χ1v) is 35.2. The molecular formula is C71H136O6. The van der Waals surface area contributed by atoms with Gasteiger partial charge in [-0.05, 0) is 44.9 Å².